The van der Waals surface area contributed by atoms with Gasteiger partial charge in [-0.25, -0.2) is 15.0 Å². The van der Waals surface area contributed by atoms with Crippen LogP contribution in [0.2, 0.25) is 0 Å². The van der Waals surface area contributed by atoms with E-state index in [0.29, 0.717) is 0 Å². The number of imidazole rings is 2. The van der Waals surface area contributed by atoms with Gasteiger partial charge < -0.3 is 0 Å². The van der Waals surface area contributed by atoms with Crippen molar-refractivity contribution in [2.75, 3.05) is 0 Å². The second-order valence-electron chi connectivity index (χ2n) is 14.6. The highest BCUT2D eigenvalue weighted by Crippen LogP contribution is 2.43. The molecule has 0 saturated carbocycles. The third-order valence-electron chi connectivity index (χ3n) is 11.7. The topological polar surface area (TPSA) is 60.4 Å². The van der Waals surface area contributed by atoms with Gasteiger partial charge in [0.25, 0.3) is 0 Å². The summed E-state index contributed by atoms with van der Waals surface area (Å²) < 4.78 is 9.76. The summed E-state index contributed by atoms with van der Waals surface area (Å²) in [6.07, 6.45) is 1.88. The fourth-order valence-electron chi connectivity index (χ4n) is 9.22. The molecule has 8 heteroatoms. The maximum Gasteiger partial charge on any atom is 0.148 e. The molecule has 0 aliphatic heterocycles. The molecule has 56 heavy (non-hydrogen) atoms. The van der Waals surface area contributed by atoms with Crippen molar-refractivity contribution in [1.29, 1.82) is 0 Å². The maximum atomic E-state index is 5.52. The smallest absolute Gasteiger partial charge is 0.148 e. The maximum absolute atomic E-state index is 5.52. The lowest BCUT2D eigenvalue weighted by Gasteiger charge is -2.11. The first-order valence-electron chi connectivity index (χ1n) is 18.6. The van der Waals surface area contributed by atoms with Gasteiger partial charge in [0, 0.05) is 68.9 Å². The van der Waals surface area contributed by atoms with Crippen LogP contribution in [-0.2, 0) is 0 Å². The third-order valence-corrected chi connectivity index (χ3v) is 14.0. The van der Waals surface area contributed by atoms with Gasteiger partial charge in [-0.3, -0.25) is 13.8 Å². The number of aromatic nitrogens is 6. The first-order valence-corrected chi connectivity index (χ1v) is 20.3. The number of thiophene rings is 2. The van der Waals surface area contributed by atoms with Crippen molar-refractivity contribution in [3.8, 4) is 11.3 Å². The van der Waals surface area contributed by atoms with Crippen LogP contribution in [-0.4, -0.2) is 28.7 Å². The largest absolute Gasteiger partial charge is 0.292 e. The number of pyridine rings is 4. The van der Waals surface area contributed by atoms with Crippen molar-refractivity contribution in [2.45, 2.75) is 0 Å². The van der Waals surface area contributed by atoms with Gasteiger partial charge in [0.15, 0.2) is 0 Å². The van der Waals surface area contributed by atoms with Crippen LogP contribution in [0.4, 0.5) is 0 Å². The first-order chi connectivity index (χ1) is 27.7. The molecule has 0 bridgehead atoms. The fourth-order valence-corrected chi connectivity index (χ4v) is 11.6. The predicted octanol–water partition coefficient (Wildman–Crippen LogP) is 13.1. The molecule has 8 heterocycles. The molecule has 0 atom stereocenters. The van der Waals surface area contributed by atoms with E-state index in [4.69, 9.17) is 19.9 Å². The van der Waals surface area contributed by atoms with Gasteiger partial charge in [-0.15, -0.1) is 22.7 Å². The van der Waals surface area contributed by atoms with Crippen LogP contribution in [0.3, 0.4) is 0 Å². The molecule has 14 rings (SSSR count). The number of fused-ring (bicyclic) bond motifs is 23. The fraction of sp³-hybridized carbons (Fsp3) is 0. The summed E-state index contributed by atoms with van der Waals surface area (Å²) in [5.41, 5.74) is 12.0. The molecular weight excluding hydrogens is 725 g/mol. The number of hydrogen-bond donors (Lipinski definition) is 0. The van der Waals surface area contributed by atoms with Gasteiger partial charge in [-0.1, -0.05) is 60.7 Å². The van der Waals surface area contributed by atoms with E-state index in [1.165, 1.54) is 40.3 Å². The summed E-state index contributed by atoms with van der Waals surface area (Å²) in [7, 11) is 0. The molecule has 0 fully saturated rings. The molecular formula is C48H24N6S2. The Kier molecular flexibility index (Phi) is 5.45. The van der Waals surface area contributed by atoms with Crippen molar-refractivity contribution in [3.05, 3.63) is 146 Å². The number of para-hydroxylation sites is 2. The van der Waals surface area contributed by atoms with Gasteiger partial charge in [0.1, 0.15) is 11.3 Å². The van der Waals surface area contributed by atoms with Gasteiger partial charge in [-0.2, -0.15) is 0 Å². The SMILES string of the molecule is c1ccc2c(c1)nc1c3ccc(-c4ccc5nc6c7cccnc7c7cc8sc9ccccc9c8cc7n6c5c4)nc3c3ccc4c5ccccc5sc4c3n21. The van der Waals surface area contributed by atoms with E-state index in [2.05, 4.69) is 142 Å². The Balaban J connectivity index is 1.08. The monoisotopic (exact) mass is 748 g/mol. The summed E-state index contributed by atoms with van der Waals surface area (Å²) in [5.74, 6) is 0. The summed E-state index contributed by atoms with van der Waals surface area (Å²) in [6.45, 7) is 0. The van der Waals surface area contributed by atoms with Crippen molar-refractivity contribution in [3.63, 3.8) is 0 Å². The molecule has 0 unspecified atom stereocenters. The number of hydrogen-bond acceptors (Lipinski definition) is 6. The minimum atomic E-state index is 0.908. The molecule has 0 spiro atoms. The highest BCUT2D eigenvalue weighted by Gasteiger charge is 2.21. The molecule has 8 aromatic heterocycles. The lowest BCUT2D eigenvalue weighted by molar-refractivity contribution is 1.30. The van der Waals surface area contributed by atoms with E-state index in [1.54, 1.807) is 0 Å². The summed E-state index contributed by atoms with van der Waals surface area (Å²) in [4.78, 5) is 20.9. The highest BCUT2D eigenvalue weighted by atomic mass is 32.1. The Labute approximate surface area is 324 Å². The van der Waals surface area contributed by atoms with Gasteiger partial charge >= 0.3 is 0 Å². The summed E-state index contributed by atoms with van der Waals surface area (Å²) >= 11 is 3.68. The molecule has 0 amide bonds. The van der Waals surface area contributed by atoms with E-state index in [-0.39, 0.29) is 0 Å². The Morgan fingerprint density at radius 1 is 0.411 bits per heavy atom. The normalized spacial score (nSPS) is 12.6. The Morgan fingerprint density at radius 2 is 1.12 bits per heavy atom. The summed E-state index contributed by atoms with van der Waals surface area (Å²) in [5, 5.41) is 9.37. The van der Waals surface area contributed by atoms with Crippen molar-refractivity contribution in [1.82, 2.24) is 28.7 Å². The van der Waals surface area contributed by atoms with Gasteiger partial charge in [0.2, 0.25) is 0 Å². The third kappa shape index (κ3) is 3.70. The molecule has 6 nitrogen and oxygen atoms in total. The van der Waals surface area contributed by atoms with Crippen molar-refractivity contribution >= 4 is 140 Å². The molecule has 0 saturated heterocycles. The Hall–Kier alpha value is -7.00. The highest BCUT2D eigenvalue weighted by molar-refractivity contribution is 7.26. The minimum absolute atomic E-state index is 0.908. The van der Waals surface area contributed by atoms with Gasteiger partial charge in [-0.05, 0) is 78.9 Å². The lowest BCUT2D eigenvalue weighted by atomic mass is 10.0. The molecule has 0 aliphatic carbocycles. The zero-order valence-electron chi connectivity index (χ0n) is 29.4. The van der Waals surface area contributed by atoms with E-state index < -0.39 is 0 Å². The summed E-state index contributed by atoms with van der Waals surface area (Å²) in [6, 6.07) is 50.1. The number of nitrogens with zero attached hydrogens (tertiary/aromatic N) is 6. The van der Waals surface area contributed by atoms with Crippen LogP contribution in [0.25, 0.3) is 129 Å². The second-order valence-corrected chi connectivity index (χ2v) is 16.8. The van der Waals surface area contributed by atoms with Crippen LogP contribution in [0, 0.1) is 0 Å². The Bertz CT molecular complexity index is 4070. The zero-order valence-corrected chi connectivity index (χ0v) is 31.0. The molecule has 0 aliphatic rings. The van der Waals surface area contributed by atoms with E-state index >= 15 is 0 Å². The average molecular weight is 749 g/mol. The number of rotatable bonds is 1. The van der Waals surface area contributed by atoms with Crippen LogP contribution >= 0.6 is 22.7 Å². The van der Waals surface area contributed by atoms with Crippen LogP contribution < -0.4 is 0 Å². The zero-order chi connectivity index (χ0) is 36.2. The predicted molar refractivity (Wildman–Crippen MR) is 236 cm³/mol. The average Bonchev–Trinajstić information content (AvgIpc) is 4.03. The first kappa shape index (κ1) is 29.4. The van der Waals surface area contributed by atoms with Crippen molar-refractivity contribution in [2.24, 2.45) is 0 Å². The van der Waals surface area contributed by atoms with Crippen molar-refractivity contribution < 1.29 is 0 Å². The van der Waals surface area contributed by atoms with Crippen LogP contribution in [0.5, 0.6) is 0 Å². The van der Waals surface area contributed by atoms with E-state index in [1.807, 2.05) is 34.9 Å². The quantitative estimate of drug-likeness (QED) is 0.157. The Morgan fingerprint density at radius 3 is 2.04 bits per heavy atom. The lowest BCUT2D eigenvalue weighted by Crippen LogP contribution is -1.95. The van der Waals surface area contributed by atoms with Crippen LogP contribution in [0.15, 0.2) is 146 Å². The van der Waals surface area contributed by atoms with Crippen LogP contribution in [0.1, 0.15) is 0 Å². The van der Waals surface area contributed by atoms with E-state index in [0.717, 1.165) is 88.2 Å². The molecule has 0 N–H and O–H groups in total. The molecule has 258 valence electrons. The number of benzene rings is 6. The van der Waals surface area contributed by atoms with E-state index in [9.17, 15) is 0 Å². The standard InChI is InChI=1S/C48H24N6S2/c1-6-14-41-26(8-1)28-16-17-29-44-31(48-51-35-11-3-4-12-37(35)54(48)45(29)46(28)56-41)18-20-34(50-44)25-15-19-36-39(22-25)53-38-23-32-27-9-2-5-13-40(27)55-42(32)24-33(38)43-30(47(53)52-36)10-7-21-49-43/h1-24H. The minimum Gasteiger partial charge on any atom is -0.292 e. The van der Waals surface area contributed by atoms with Gasteiger partial charge in [0.05, 0.1) is 54.5 Å². The molecule has 0 radical (unpaired) electrons. The molecule has 14 aromatic rings. The molecule has 6 aromatic carbocycles. The second kappa shape index (κ2) is 10.4.